The highest BCUT2D eigenvalue weighted by atomic mass is 16.5. The number of anilines is 1. The van der Waals surface area contributed by atoms with E-state index in [-0.39, 0.29) is 11.5 Å². The first kappa shape index (κ1) is 13.8. The van der Waals surface area contributed by atoms with Crippen molar-refractivity contribution in [3.8, 4) is 0 Å². The summed E-state index contributed by atoms with van der Waals surface area (Å²) in [4.78, 5) is 18.1. The smallest absolute Gasteiger partial charge is 0.339 e. The Kier molecular flexibility index (Phi) is 4.04. The Morgan fingerprint density at radius 2 is 2.32 bits per heavy atom. The first-order chi connectivity index (χ1) is 9.04. The zero-order chi connectivity index (χ0) is 13.9. The quantitative estimate of drug-likeness (QED) is 0.780. The largest absolute Gasteiger partial charge is 0.462 e. The van der Waals surface area contributed by atoms with Crippen molar-refractivity contribution in [3.05, 3.63) is 23.9 Å². The molecule has 1 aliphatic rings. The summed E-state index contributed by atoms with van der Waals surface area (Å²) in [6.07, 6.45) is 1.57. The molecule has 0 saturated carbocycles. The van der Waals surface area contributed by atoms with Crippen LogP contribution >= 0.6 is 0 Å². The number of nitrogens with zero attached hydrogens (tertiary/aromatic N) is 2. The van der Waals surface area contributed by atoms with Gasteiger partial charge in [-0.2, -0.15) is 0 Å². The van der Waals surface area contributed by atoms with Crippen molar-refractivity contribution in [1.29, 1.82) is 0 Å². The summed E-state index contributed by atoms with van der Waals surface area (Å²) in [5.41, 5.74) is 0.396. The fourth-order valence-corrected chi connectivity index (χ4v) is 2.16. The highest BCUT2D eigenvalue weighted by Gasteiger charge is 2.31. The van der Waals surface area contributed by atoms with Crippen molar-refractivity contribution in [1.82, 2.24) is 4.98 Å². The first-order valence-corrected chi connectivity index (χ1v) is 6.53. The molecule has 5 nitrogen and oxygen atoms in total. The van der Waals surface area contributed by atoms with E-state index in [1.54, 1.807) is 19.2 Å². The number of esters is 1. The first-order valence-electron chi connectivity index (χ1n) is 6.53. The Labute approximate surface area is 113 Å². The minimum absolute atomic E-state index is 0.0866. The second kappa shape index (κ2) is 5.57. The number of rotatable bonds is 3. The third-order valence-corrected chi connectivity index (χ3v) is 3.18. The van der Waals surface area contributed by atoms with Crippen molar-refractivity contribution >= 4 is 11.8 Å². The van der Waals surface area contributed by atoms with E-state index < -0.39 is 0 Å². The molecule has 2 rings (SSSR count). The normalized spacial score (nSPS) is 18.2. The highest BCUT2D eigenvalue weighted by molar-refractivity contribution is 5.89. The molecule has 0 spiro atoms. The number of ether oxygens (including phenoxy) is 2. The van der Waals surface area contributed by atoms with Gasteiger partial charge < -0.3 is 14.4 Å². The molecule has 1 aromatic rings. The molecule has 2 heterocycles. The van der Waals surface area contributed by atoms with Crippen LogP contribution in [0.2, 0.25) is 0 Å². The van der Waals surface area contributed by atoms with Gasteiger partial charge in [-0.25, -0.2) is 9.78 Å². The predicted octanol–water partition coefficient (Wildman–Crippen LogP) is 1.87. The Balaban J connectivity index is 2.15. The molecule has 0 aromatic carbocycles. The monoisotopic (exact) mass is 264 g/mol. The number of carbonyl (C=O) groups excluding carboxylic acids is 1. The van der Waals surface area contributed by atoms with Gasteiger partial charge in [-0.15, -0.1) is 0 Å². The summed E-state index contributed by atoms with van der Waals surface area (Å²) in [7, 11) is 0. The molecule has 19 heavy (non-hydrogen) atoms. The van der Waals surface area contributed by atoms with Crippen LogP contribution < -0.4 is 4.90 Å². The molecular weight excluding hydrogens is 244 g/mol. The number of pyridine rings is 1. The fraction of sp³-hybridized carbons (Fsp3) is 0.571. The minimum Gasteiger partial charge on any atom is -0.462 e. The van der Waals surface area contributed by atoms with Crippen LogP contribution in [0.3, 0.4) is 0 Å². The topological polar surface area (TPSA) is 51.7 Å². The van der Waals surface area contributed by atoms with E-state index in [2.05, 4.69) is 23.7 Å². The molecule has 0 bridgehead atoms. The summed E-state index contributed by atoms with van der Waals surface area (Å²) in [5.74, 6) is 0.532. The number of hydrogen-bond donors (Lipinski definition) is 0. The van der Waals surface area contributed by atoms with Crippen molar-refractivity contribution in [2.24, 2.45) is 0 Å². The lowest BCUT2D eigenvalue weighted by molar-refractivity contribution is 0.0525. The van der Waals surface area contributed by atoms with E-state index in [0.29, 0.717) is 25.4 Å². The number of carbonyl (C=O) groups is 1. The van der Waals surface area contributed by atoms with Crippen molar-refractivity contribution < 1.29 is 14.3 Å². The van der Waals surface area contributed by atoms with Gasteiger partial charge in [-0.3, -0.25) is 0 Å². The molecule has 0 N–H and O–H groups in total. The summed E-state index contributed by atoms with van der Waals surface area (Å²) >= 11 is 0. The van der Waals surface area contributed by atoms with Crippen LogP contribution in [0.15, 0.2) is 18.3 Å². The van der Waals surface area contributed by atoms with Gasteiger partial charge >= 0.3 is 5.97 Å². The molecule has 0 aliphatic carbocycles. The number of hydrogen-bond acceptors (Lipinski definition) is 5. The maximum absolute atomic E-state index is 11.6. The fourth-order valence-electron chi connectivity index (χ4n) is 2.16. The van der Waals surface area contributed by atoms with Gasteiger partial charge in [-0.05, 0) is 32.9 Å². The Morgan fingerprint density at radius 1 is 1.53 bits per heavy atom. The molecule has 1 aliphatic heterocycles. The molecule has 1 aromatic heterocycles. The van der Waals surface area contributed by atoms with Crippen LogP contribution in [0.4, 0.5) is 5.82 Å². The van der Waals surface area contributed by atoms with E-state index in [1.807, 2.05) is 6.07 Å². The van der Waals surface area contributed by atoms with E-state index in [4.69, 9.17) is 9.47 Å². The Morgan fingerprint density at radius 3 is 2.89 bits per heavy atom. The maximum atomic E-state index is 11.6. The standard InChI is InChI=1S/C14H20N2O3/c1-4-19-13(17)11-5-6-12(15-9-11)16-7-8-18-10-14(16,2)3/h5-6,9H,4,7-8,10H2,1-3H3. The average Bonchev–Trinajstić information content (AvgIpc) is 2.39. The van der Waals surface area contributed by atoms with Gasteiger partial charge in [0.1, 0.15) is 5.82 Å². The summed E-state index contributed by atoms with van der Waals surface area (Å²) < 4.78 is 10.4. The molecule has 1 saturated heterocycles. The molecule has 104 valence electrons. The van der Waals surface area contributed by atoms with Crippen LogP contribution in [0.1, 0.15) is 31.1 Å². The molecule has 5 heteroatoms. The Bertz CT molecular complexity index is 443. The minimum atomic E-state index is -0.331. The summed E-state index contributed by atoms with van der Waals surface area (Å²) in [6, 6.07) is 3.62. The zero-order valence-corrected chi connectivity index (χ0v) is 11.7. The molecule has 0 amide bonds. The van der Waals surface area contributed by atoms with E-state index in [0.717, 1.165) is 12.4 Å². The predicted molar refractivity (Wildman–Crippen MR) is 72.4 cm³/mol. The van der Waals surface area contributed by atoms with Gasteiger partial charge in [0.2, 0.25) is 0 Å². The van der Waals surface area contributed by atoms with E-state index in [9.17, 15) is 4.79 Å². The Hall–Kier alpha value is -1.62. The SMILES string of the molecule is CCOC(=O)c1ccc(N2CCOCC2(C)C)nc1. The highest BCUT2D eigenvalue weighted by Crippen LogP contribution is 2.25. The van der Waals surface area contributed by atoms with Crippen molar-refractivity contribution in [2.45, 2.75) is 26.3 Å². The van der Waals surface area contributed by atoms with Crippen LogP contribution in [0.5, 0.6) is 0 Å². The van der Waals surface area contributed by atoms with Gasteiger partial charge in [-0.1, -0.05) is 0 Å². The van der Waals surface area contributed by atoms with Crippen LogP contribution in [0, 0.1) is 0 Å². The number of morpholine rings is 1. The molecular formula is C14H20N2O3. The lowest BCUT2D eigenvalue weighted by Crippen LogP contribution is -2.53. The lowest BCUT2D eigenvalue weighted by atomic mass is 10.0. The average molecular weight is 264 g/mol. The van der Waals surface area contributed by atoms with Crippen molar-refractivity contribution in [3.63, 3.8) is 0 Å². The maximum Gasteiger partial charge on any atom is 0.339 e. The third kappa shape index (κ3) is 3.04. The second-order valence-electron chi connectivity index (χ2n) is 5.14. The number of aromatic nitrogens is 1. The van der Waals surface area contributed by atoms with E-state index >= 15 is 0 Å². The van der Waals surface area contributed by atoms with Crippen LogP contribution in [0.25, 0.3) is 0 Å². The molecule has 1 fully saturated rings. The van der Waals surface area contributed by atoms with Gasteiger partial charge in [0.05, 0.1) is 30.9 Å². The molecule has 0 atom stereocenters. The zero-order valence-electron chi connectivity index (χ0n) is 11.7. The third-order valence-electron chi connectivity index (χ3n) is 3.18. The molecule has 0 unspecified atom stereocenters. The van der Waals surface area contributed by atoms with Crippen LogP contribution in [-0.4, -0.2) is 42.9 Å². The summed E-state index contributed by atoms with van der Waals surface area (Å²) in [6.45, 7) is 8.57. The van der Waals surface area contributed by atoms with Crippen molar-refractivity contribution in [2.75, 3.05) is 31.3 Å². The van der Waals surface area contributed by atoms with Gasteiger partial charge in [0.25, 0.3) is 0 Å². The second-order valence-corrected chi connectivity index (χ2v) is 5.14. The molecule has 0 radical (unpaired) electrons. The van der Waals surface area contributed by atoms with Crippen LogP contribution in [-0.2, 0) is 9.47 Å². The van der Waals surface area contributed by atoms with Gasteiger partial charge in [0.15, 0.2) is 0 Å². The van der Waals surface area contributed by atoms with E-state index in [1.165, 1.54) is 0 Å². The summed E-state index contributed by atoms with van der Waals surface area (Å²) in [5, 5.41) is 0. The van der Waals surface area contributed by atoms with Gasteiger partial charge in [0, 0.05) is 12.7 Å². The lowest BCUT2D eigenvalue weighted by Gasteiger charge is -2.42.